The molecule has 1 aliphatic carbocycles. The minimum atomic E-state index is -0.255. The first-order valence-corrected chi connectivity index (χ1v) is 7.09. The van der Waals surface area contributed by atoms with Crippen molar-refractivity contribution in [1.82, 2.24) is 10.2 Å². The summed E-state index contributed by atoms with van der Waals surface area (Å²) in [7, 11) is 0. The van der Waals surface area contributed by atoms with Crippen LogP contribution in [0, 0.1) is 0 Å². The molecule has 0 saturated heterocycles. The predicted octanol–water partition coefficient (Wildman–Crippen LogP) is 2.00. The van der Waals surface area contributed by atoms with E-state index in [9.17, 15) is 5.11 Å². The van der Waals surface area contributed by atoms with Crippen LogP contribution in [0.15, 0.2) is 0 Å². The van der Waals surface area contributed by atoms with Crippen LogP contribution >= 0.6 is 0 Å². The van der Waals surface area contributed by atoms with Gasteiger partial charge in [0.25, 0.3) is 0 Å². The monoisotopic (exact) mass is 242 g/mol. The fourth-order valence-corrected chi connectivity index (χ4v) is 2.57. The number of aliphatic hydroxyl groups is 1. The highest BCUT2D eigenvalue weighted by molar-refractivity contribution is 4.80. The van der Waals surface area contributed by atoms with Gasteiger partial charge >= 0.3 is 0 Å². The van der Waals surface area contributed by atoms with Gasteiger partial charge in [0.2, 0.25) is 0 Å². The number of likely N-dealkylation sites (N-methyl/N-ethyl adjacent to an activating group) is 1. The van der Waals surface area contributed by atoms with Gasteiger partial charge in [0.05, 0.1) is 6.10 Å². The van der Waals surface area contributed by atoms with Crippen molar-refractivity contribution in [2.75, 3.05) is 19.6 Å². The third-order valence-electron chi connectivity index (χ3n) is 3.56. The summed E-state index contributed by atoms with van der Waals surface area (Å²) in [4.78, 5) is 2.45. The third-order valence-corrected chi connectivity index (χ3v) is 3.56. The number of nitrogens with one attached hydrogen (secondary N) is 1. The zero-order chi connectivity index (χ0) is 12.9. The van der Waals surface area contributed by atoms with Crippen LogP contribution in [0.1, 0.15) is 53.4 Å². The summed E-state index contributed by atoms with van der Waals surface area (Å²) in [5, 5.41) is 13.4. The van der Waals surface area contributed by atoms with E-state index in [1.165, 1.54) is 25.7 Å². The lowest BCUT2D eigenvalue weighted by molar-refractivity contribution is 0.0860. The van der Waals surface area contributed by atoms with Crippen molar-refractivity contribution in [3.8, 4) is 0 Å². The molecule has 0 aliphatic heterocycles. The molecule has 1 aliphatic rings. The first kappa shape index (κ1) is 14.9. The zero-order valence-electron chi connectivity index (χ0n) is 12.0. The van der Waals surface area contributed by atoms with Crippen LogP contribution in [-0.2, 0) is 0 Å². The second kappa shape index (κ2) is 6.72. The molecule has 0 heterocycles. The van der Waals surface area contributed by atoms with E-state index < -0.39 is 0 Å². The van der Waals surface area contributed by atoms with Crippen molar-refractivity contribution in [2.24, 2.45) is 0 Å². The lowest BCUT2D eigenvalue weighted by atomic mass is 10.1. The quantitative estimate of drug-likeness (QED) is 0.748. The summed E-state index contributed by atoms with van der Waals surface area (Å²) in [5.41, 5.74) is 0.0887. The highest BCUT2D eigenvalue weighted by atomic mass is 16.3. The Morgan fingerprint density at radius 2 is 1.88 bits per heavy atom. The topological polar surface area (TPSA) is 35.5 Å². The fourth-order valence-electron chi connectivity index (χ4n) is 2.57. The molecule has 2 N–H and O–H groups in total. The van der Waals surface area contributed by atoms with Crippen molar-refractivity contribution in [2.45, 2.75) is 71.1 Å². The molecule has 1 fully saturated rings. The number of β-amino-alcohol motifs (C(OH)–C–C–N with tert-alkyl or cyclic N) is 1. The van der Waals surface area contributed by atoms with Crippen molar-refractivity contribution in [1.29, 1.82) is 0 Å². The highest BCUT2D eigenvalue weighted by Crippen LogP contribution is 2.23. The van der Waals surface area contributed by atoms with Crippen molar-refractivity contribution in [3.05, 3.63) is 0 Å². The van der Waals surface area contributed by atoms with Gasteiger partial charge in [0.15, 0.2) is 0 Å². The van der Waals surface area contributed by atoms with E-state index in [4.69, 9.17) is 0 Å². The minimum absolute atomic E-state index is 0.0887. The maximum atomic E-state index is 10.1. The Kier molecular flexibility index (Phi) is 5.90. The molecule has 1 rings (SSSR count). The van der Waals surface area contributed by atoms with E-state index in [2.05, 4.69) is 37.9 Å². The van der Waals surface area contributed by atoms with E-state index in [1.54, 1.807) is 0 Å². The summed E-state index contributed by atoms with van der Waals surface area (Å²) >= 11 is 0. The first-order valence-electron chi connectivity index (χ1n) is 7.09. The maximum Gasteiger partial charge on any atom is 0.0791 e. The molecule has 0 aromatic carbocycles. The van der Waals surface area contributed by atoms with Gasteiger partial charge in [-0.05, 0) is 40.2 Å². The molecule has 102 valence electrons. The summed E-state index contributed by atoms with van der Waals surface area (Å²) in [6.07, 6.45) is 5.09. The van der Waals surface area contributed by atoms with Gasteiger partial charge in [-0.1, -0.05) is 19.8 Å². The lowest BCUT2D eigenvalue weighted by Crippen LogP contribution is -2.46. The molecule has 17 heavy (non-hydrogen) atoms. The van der Waals surface area contributed by atoms with E-state index in [0.717, 1.165) is 13.1 Å². The van der Waals surface area contributed by atoms with Gasteiger partial charge in [-0.3, -0.25) is 4.90 Å². The zero-order valence-corrected chi connectivity index (χ0v) is 12.0. The molecule has 0 amide bonds. The molecule has 0 radical (unpaired) electrons. The Bertz CT molecular complexity index is 207. The molecule has 0 spiro atoms. The van der Waals surface area contributed by atoms with Crippen molar-refractivity contribution >= 4 is 0 Å². The SMILES string of the molecule is CCN(CC(O)CNC(C)(C)C)C1CCCC1. The van der Waals surface area contributed by atoms with Crippen molar-refractivity contribution < 1.29 is 5.11 Å². The van der Waals surface area contributed by atoms with Gasteiger partial charge in [0.1, 0.15) is 0 Å². The van der Waals surface area contributed by atoms with Crippen LogP contribution in [-0.4, -0.2) is 47.3 Å². The molecule has 3 nitrogen and oxygen atoms in total. The molecule has 1 atom stereocenters. The fraction of sp³-hybridized carbons (Fsp3) is 1.00. The third kappa shape index (κ3) is 5.84. The maximum absolute atomic E-state index is 10.1. The van der Waals surface area contributed by atoms with E-state index in [0.29, 0.717) is 12.6 Å². The Balaban J connectivity index is 2.29. The summed E-state index contributed by atoms with van der Waals surface area (Å²) in [5.74, 6) is 0. The number of hydrogen-bond acceptors (Lipinski definition) is 3. The Morgan fingerprint density at radius 3 is 2.35 bits per heavy atom. The molecule has 0 aromatic rings. The number of hydrogen-bond donors (Lipinski definition) is 2. The minimum Gasteiger partial charge on any atom is -0.390 e. The highest BCUT2D eigenvalue weighted by Gasteiger charge is 2.23. The Morgan fingerprint density at radius 1 is 1.29 bits per heavy atom. The average molecular weight is 242 g/mol. The van der Waals surface area contributed by atoms with Crippen LogP contribution in [0.2, 0.25) is 0 Å². The lowest BCUT2D eigenvalue weighted by Gasteiger charge is -2.31. The molecule has 1 unspecified atom stereocenters. The van der Waals surface area contributed by atoms with Gasteiger partial charge in [0, 0.05) is 24.7 Å². The number of rotatable bonds is 6. The summed E-state index contributed by atoms with van der Waals surface area (Å²) < 4.78 is 0. The normalized spacial score (nSPS) is 20.1. The molecule has 1 saturated carbocycles. The first-order chi connectivity index (χ1) is 7.92. The molecular formula is C14H30N2O. The molecule has 0 aromatic heterocycles. The van der Waals surface area contributed by atoms with Gasteiger partial charge in [-0.15, -0.1) is 0 Å². The smallest absolute Gasteiger partial charge is 0.0791 e. The van der Waals surface area contributed by atoms with E-state index >= 15 is 0 Å². The van der Waals surface area contributed by atoms with Crippen LogP contribution in [0.5, 0.6) is 0 Å². The van der Waals surface area contributed by atoms with Crippen molar-refractivity contribution in [3.63, 3.8) is 0 Å². The van der Waals surface area contributed by atoms with Crippen LogP contribution < -0.4 is 5.32 Å². The second-order valence-electron chi connectivity index (χ2n) is 6.31. The van der Waals surface area contributed by atoms with Gasteiger partial charge < -0.3 is 10.4 Å². The van der Waals surface area contributed by atoms with E-state index in [-0.39, 0.29) is 11.6 Å². The second-order valence-corrected chi connectivity index (χ2v) is 6.31. The molecular weight excluding hydrogens is 212 g/mol. The molecule has 3 heteroatoms. The van der Waals surface area contributed by atoms with E-state index in [1.807, 2.05) is 0 Å². The van der Waals surface area contributed by atoms with Crippen LogP contribution in [0.25, 0.3) is 0 Å². The van der Waals surface area contributed by atoms with Gasteiger partial charge in [-0.2, -0.15) is 0 Å². The largest absolute Gasteiger partial charge is 0.390 e. The number of nitrogens with zero attached hydrogens (tertiary/aromatic N) is 1. The Labute approximate surface area is 107 Å². The summed E-state index contributed by atoms with van der Waals surface area (Å²) in [6, 6.07) is 0.712. The standard InChI is InChI=1S/C14H30N2O/c1-5-16(12-8-6-7-9-12)11-13(17)10-15-14(2,3)4/h12-13,15,17H,5-11H2,1-4H3. The van der Waals surface area contributed by atoms with Crippen LogP contribution in [0.4, 0.5) is 0 Å². The predicted molar refractivity (Wildman–Crippen MR) is 73.3 cm³/mol. The molecule has 0 bridgehead atoms. The number of aliphatic hydroxyl groups excluding tert-OH is 1. The van der Waals surface area contributed by atoms with Gasteiger partial charge in [-0.25, -0.2) is 0 Å². The Hall–Kier alpha value is -0.120. The average Bonchev–Trinajstić information content (AvgIpc) is 2.75. The summed E-state index contributed by atoms with van der Waals surface area (Å²) in [6.45, 7) is 11.1. The van der Waals surface area contributed by atoms with Crippen LogP contribution in [0.3, 0.4) is 0 Å².